The van der Waals surface area contributed by atoms with Gasteiger partial charge < -0.3 is 10.8 Å². The van der Waals surface area contributed by atoms with Crippen LogP contribution in [0.2, 0.25) is 0 Å². The van der Waals surface area contributed by atoms with Gasteiger partial charge in [0.1, 0.15) is 0 Å². The van der Waals surface area contributed by atoms with Gasteiger partial charge in [0.05, 0.1) is 5.41 Å². The Morgan fingerprint density at radius 3 is 2.55 bits per heavy atom. The number of hydrogen-bond acceptors (Lipinski definition) is 3. The van der Waals surface area contributed by atoms with Crippen LogP contribution < -0.4 is 5.73 Å². The molecule has 1 atom stereocenters. The standard InChI is InChI=1S/C15H20N2O3/c1-15(14(19)20)7-2-8-17(10-15)9-11-3-5-12(6-4-11)13(16)18/h3-6H,2,7-10H2,1H3,(H2,16,18)(H,19,20). The van der Waals surface area contributed by atoms with Crippen molar-refractivity contribution in [2.45, 2.75) is 26.3 Å². The van der Waals surface area contributed by atoms with Gasteiger partial charge in [0.15, 0.2) is 0 Å². The molecule has 1 saturated heterocycles. The highest BCUT2D eigenvalue weighted by Crippen LogP contribution is 2.30. The molecule has 0 aliphatic carbocycles. The van der Waals surface area contributed by atoms with Crippen LogP contribution in [0.4, 0.5) is 0 Å². The lowest BCUT2D eigenvalue weighted by Gasteiger charge is -2.37. The third-order valence-electron chi connectivity index (χ3n) is 3.94. The van der Waals surface area contributed by atoms with Crippen molar-refractivity contribution >= 4 is 11.9 Å². The Kier molecular flexibility index (Phi) is 4.09. The average molecular weight is 276 g/mol. The topological polar surface area (TPSA) is 83.6 Å². The van der Waals surface area contributed by atoms with E-state index in [-0.39, 0.29) is 0 Å². The Balaban J connectivity index is 2.02. The highest BCUT2D eigenvalue weighted by atomic mass is 16.4. The summed E-state index contributed by atoms with van der Waals surface area (Å²) < 4.78 is 0. The molecule has 1 amide bonds. The van der Waals surface area contributed by atoms with Gasteiger partial charge in [-0.25, -0.2) is 0 Å². The molecule has 0 bridgehead atoms. The highest BCUT2D eigenvalue weighted by molar-refractivity contribution is 5.92. The number of carbonyl (C=O) groups excluding carboxylic acids is 1. The fraction of sp³-hybridized carbons (Fsp3) is 0.467. The summed E-state index contributed by atoms with van der Waals surface area (Å²) in [5.74, 6) is -1.17. The summed E-state index contributed by atoms with van der Waals surface area (Å²) in [4.78, 5) is 24.5. The molecular formula is C15H20N2O3. The Morgan fingerprint density at radius 2 is 2.00 bits per heavy atom. The predicted octanol–water partition coefficient (Wildman–Crippen LogP) is 1.47. The van der Waals surface area contributed by atoms with Crippen LogP contribution in [-0.4, -0.2) is 35.0 Å². The number of benzene rings is 1. The van der Waals surface area contributed by atoms with E-state index >= 15 is 0 Å². The summed E-state index contributed by atoms with van der Waals surface area (Å²) in [5.41, 5.74) is 6.09. The maximum atomic E-state index is 11.3. The number of carboxylic acid groups (broad SMARTS) is 1. The van der Waals surface area contributed by atoms with Crippen LogP contribution in [0.15, 0.2) is 24.3 Å². The lowest BCUT2D eigenvalue weighted by molar-refractivity contribution is -0.151. The van der Waals surface area contributed by atoms with E-state index in [2.05, 4.69) is 4.90 Å². The number of likely N-dealkylation sites (tertiary alicyclic amines) is 1. The van der Waals surface area contributed by atoms with Crippen LogP contribution >= 0.6 is 0 Å². The average Bonchev–Trinajstić information content (AvgIpc) is 2.39. The molecule has 0 radical (unpaired) electrons. The van der Waals surface area contributed by atoms with Gasteiger partial charge in [-0.1, -0.05) is 12.1 Å². The number of piperidine rings is 1. The third kappa shape index (κ3) is 3.17. The lowest BCUT2D eigenvalue weighted by Crippen LogP contribution is -2.45. The highest BCUT2D eigenvalue weighted by Gasteiger charge is 2.37. The van der Waals surface area contributed by atoms with Crippen LogP contribution in [0, 0.1) is 5.41 Å². The molecule has 3 N–H and O–H groups in total. The largest absolute Gasteiger partial charge is 0.481 e. The van der Waals surface area contributed by atoms with Crippen molar-refractivity contribution in [1.82, 2.24) is 4.90 Å². The number of nitrogens with two attached hydrogens (primary N) is 1. The number of primary amides is 1. The molecule has 1 unspecified atom stereocenters. The van der Waals surface area contributed by atoms with E-state index in [1.165, 1.54) is 0 Å². The Hall–Kier alpha value is -1.88. The second kappa shape index (κ2) is 5.63. The monoisotopic (exact) mass is 276 g/mol. The molecule has 1 fully saturated rings. The minimum absolute atomic E-state index is 0.437. The normalized spacial score (nSPS) is 23.4. The van der Waals surface area contributed by atoms with Crippen molar-refractivity contribution in [3.05, 3.63) is 35.4 Å². The molecule has 2 rings (SSSR count). The summed E-state index contributed by atoms with van der Waals surface area (Å²) in [6.45, 7) is 3.96. The fourth-order valence-corrected chi connectivity index (χ4v) is 2.69. The van der Waals surface area contributed by atoms with Crippen LogP contribution in [0.3, 0.4) is 0 Å². The summed E-state index contributed by atoms with van der Waals surface area (Å²) in [7, 11) is 0. The maximum absolute atomic E-state index is 11.3. The second-order valence-corrected chi connectivity index (χ2v) is 5.74. The number of carboxylic acids is 1. The molecule has 0 spiro atoms. The van der Waals surface area contributed by atoms with Crippen LogP contribution in [-0.2, 0) is 11.3 Å². The molecule has 20 heavy (non-hydrogen) atoms. The van der Waals surface area contributed by atoms with E-state index in [9.17, 15) is 14.7 Å². The Bertz CT molecular complexity index is 512. The SMILES string of the molecule is CC1(C(=O)O)CCCN(Cc2ccc(C(N)=O)cc2)C1. The van der Waals surface area contributed by atoms with Gasteiger partial charge in [0, 0.05) is 18.7 Å². The summed E-state index contributed by atoms with van der Waals surface area (Å²) >= 11 is 0. The molecule has 1 aromatic rings. The van der Waals surface area contributed by atoms with Crippen molar-refractivity contribution in [2.24, 2.45) is 11.1 Å². The first-order chi connectivity index (χ1) is 9.40. The van der Waals surface area contributed by atoms with Gasteiger partial charge in [0.25, 0.3) is 0 Å². The Labute approximate surface area is 118 Å². The number of carbonyl (C=O) groups is 2. The number of amides is 1. The minimum atomic E-state index is -0.730. The van der Waals surface area contributed by atoms with E-state index in [1.807, 2.05) is 12.1 Å². The fourth-order valence-electron chi connectivity index (χ4n) is 2.69. The molecule has 0 aromatic heterocycles. The molecule has 1 aromatic carbocycles. The van der Waals surface area contributed by atoms with E-state index in [1.54, 1.807) is 19.1 Å². The Morgan fingerprint density at radius 1 is 1.35 bits per heavy atom. The van der Waals surface area contributed by atoms with Gasteiger partial charge in [-0.2, -0.15) is 0 Å². The zero-order valence-electron chi connectivity index (χ0n) is 11.6. The van der Waals surface area contributed by atoms with Gasteiger partial charge in [-0.05, 0) is 44.0 Å². The minimum Gasteiger partial charge on any atom is -0.481 e. The molecule has 1 aliphatic heterocycles. The molecule has 1 aliphatic rings. The van der Waals surface area contributed by atoms with Crippen LogP contribution in [0.5, 0.6) is 0 Å². The number of rotatable bonds is 4. The summed E-state index contributed by atoms with van der Waals surface area (Å²) in [6, 6.07) is 7.15. The second-order valence-electron chi connectivity index (χ2n) is 5.74. The number of nitrogens with zero attached hydrogens (tertiary/aromatic N) is 1. The van der Waals surface area contributed by atoms with Crippen molar-refractivity contribution in [3.8, 4) is 0 Å². The third-order valence-corrected chi connectivity index (χ3v) is 3.94. The van der Waals surface area contributed by atoms with Crippen molar-refractivity contribution in [3.63, 3.8) is 0 Å². The lowest BCUT2D eigenvalue weighted by atomic mass is 9.82. The van der Waals surface area contributed by atoms with Gasteiger partial charge >= 0.3 is 5.97 Å². The molecular weight excluding hydrogens is 256 g/mol. The summed E-state index contributed by atoms with van der Waals surface area (Å²) in [5, 5.41) is 9.30. The van der Waals surface area contributed by atoms with Crippen molar-refractivity contribution < 1.29 is 14.7 Å². The molecule has 1 heterocycles. The molecule has 5 heteroatoms. The number of hydrogen-bond donors (Lipinski definition) is 2. The molecule has 108 valence electrons. The summed E-state index contributed by atoms with van der Waals surface area (Å²) in [6.07, 6.45) is 1.61. The zero-order valence-corrected chi connectivity index (χ0v) is 11.6. The predicted molar refractivity (Wildman–Crippen MR) is 75.2 cm³/mol. The van der Waals surface area contributed by atoms with E-state index in [0.29, 0.717) is 18.7 Å². The smallest absolute Gasteiger partial charge is 0.310 e. The van der Waals surface area contributed by atoms with Gasteiger partial charge in [0.2, 0.25) is 5.91 Å². The van der Waals surface area contributed by atoms with E-state index in [4.69, 9.17) is 5.73 Å². The number of aliphatic carboxylic acids is 1. The first-order valence-corrected chi connectivity index (χ1v) is 6.75. The maximum Gasteiger partial charge on any atom is 0.310 e. The first kappa shape index (κ1) is 14.5. The van der Waals surface area contributed by atoms with Crippen molar-refractivity contribution in [2.75, 3.05) is 13.1 Å². The first-order valence-electron chi connectivity index (χ1n) is 6.75. The van der Waals surface area contributed by atoms with E-state index in [0.717, 1.165) is 24.9 Å². The van der Waals surface area contributed by atoms with Crippen LogP contribution in [0.25, 0.3) is 0 Å². The van der Waals surface area contributed by atoms with Gasteiger partial charge in [-0.3, -0.25) is 14.5 Å². The van der Waals surface area contributed by atoms with E-state index < -0.39 is 17.3 Å². The van der Waals surface area contributed by atoms with Crippen molar-refractivity contribution in [1.29, 1.82) is 0 Å². The molecule has 0 saturated carbocycles. The molecule has 5 nitrogen and oxygen atoms in total. The quantitative estimate of drug-likeness (QED) is 0.872. The van der Waals surface area contributed by atoms with Crippen LogP contribution in [0.1, 0.15) is 35.7 Å². The van der Waals surface area contributed by atoms with Gasteiger partial charge in [-0.15, -0.1) is 0 Å². The zero-order chi connectivity index (χ0) is 14.8.